The molecule has 0 nitrogen and oxygen atoms in total. The van der Waals surface area contributed by atoms with Gasteiger partial charge in [0.25, 0.3) is 0 Å². The quantitative estimate of drug-likeness (QED) is 0.160. The van der Waals surface area contributed by atoms with Gasteiger partial charge in [-0.2, -0.15) is 0 Å². The maximum absolute atomic E-state index is 7.17. The second-order valence-electron chi connectivity index (χ2n) is 14.8. The summed E-state index contributed by atoms with van der Waals surface area (Å²) in [6.07, 6.45) is 0. The zero-order valence-corrected chi connectivity index (χ0v) is 30.5. The second-order valence-corrected chi connectivity index (χ2v) is 15.2. The molecule has 0 atom stereocenters. The highest BCUT2D eigenvalue weighted by molar-refractivity contribution is 6.37. The van der Waals surface area contributed by atoms with Crippen LogP contribution in [0, 0.1) is 0 Å². The van der Waals surface area contributed by atoms with Crippen LogP contribution in [0.25, 0.3) is 120 Å². The van der Waals surface area contributed by atoms with E-state index in [1.807, 2.05) is 0 Å². The molecule has 0 spiro atoms. The molecule has 0 unspecified atom stereocenters. The van der Waals surface area contributed by atoms with Crippen molar-refractivity contribution < 1.29 is 0 Å². The van der Waals surface area contributed by atoms with Gasteiger partial charge < -0.3 is 0 Å². The number of benzene rings is 11. The number of fused-ring (bicyclic) bond motifs is 11. The number of hydrogen-bond donors (Lipinski definition) is 0. The molecule has 1 aliphatic rings. The van der Waals surface area contributed by atoms with Crippen molar-refractivity contribution in [3.63, 3.8) is 0 Å². The highest BCUT2D eigenvalue weighted by atomic mass is 35.5. The Kier molecular flexibility index (Phi) is 6.49. The molecule has 55 heavy (non-hydrogen) atoms. The summed E-state index contributed by atoms with van der Waals surface area (Å²) in [7, 11) is 0. The van der Waals surface area contributed by atoms with Gasteiger partial charge in [-0.25, -0.2) is 0 Å². The van der Waals surface area contributed by atoms with Gasteiger partial charge in [0.05, 0.1) is 0 Å². The van der Waals surface area contributed by atoms with Gasteiger partial charge in [-0.15, -0.1) is 0 Å². The average molecular weight is 715 g/mol. The molecule has 1 aliphatic carbocycles. The zero-order valence-electron chi connectivity index (χ0n) is 29.8. The van der Waals surface area contributed by atoms with E-state index in [4.69, 9.17) is 11.6 Å². The first-order chi connectivity index (χ1) is 27.2. The van der Waals surface area contributed by atoms with Crippen LogP contribution in [0.4, 0.5) is 0 Å². The lowest BCUT2D eigenvalue weighted by Gasteiger charge is -2.22. The summed E-state index contributed by atoms with van der Waals surface area (Å²) in [6, 6.07) is 69.1. The molecule has 0 heterocycles. The van der Waals surface area contributed by atoms with Gasteiger partial charge in [-0.3, -0.25) is 0 Å². The molecule has 0 N–H and O–H groups in total. The van der Waals surface area contributed by atoms with Crippen LogP contribution in [-0.4, -0.2) is 0 Å². The van der Waals surface area contributed by atoms with Gasteiger partial charge in [-0.05, 0) is 133 Å². The Morgan fingerprint density at radius 3 is 1.64 bits per heavy atom. The van der Waals surface area contributed by atoms with Crippen molar-refractivity contribution >= 4 is 76.2 Å². The summed E-state index contributed by atoms with van der Waals surface area (Å²) < 4.78 is 0. The molecule has 0 saturated carbocycles. The van der Waals surface area contributed by atoms with E-state index in [0.29, 0.717) is 0 Å². The van der Waals surface area contributed by atoms with Crippen molar-refractivity contribution in [3.05, 3.63) is 193 Å². The van der Waals surface area contributed by atoms with E-state index < -0.39 is 0 Å². The van der Waals surface area contributed by atoms with Crippen LogP contribution in [-0.2, 0) is 0 Å². The molecule has 11 aromatic rings. The van der Waals surface area contributed by atoms with Gasteiger partial charge >= 0.3 is 0 Å². The normalized spacial score (nSPS) is 12.1. The lowest BCUT2D eigenvalue weighted by molar-refractivity contribution is 1.63. The molecule has 11 aromatic carbocycles. The Morgan fingerprint density at radius 2 is 0.818 bits per heavy atom. The van der Waals surface area contributed by atoms with Gasteiger partial charge in [0.15, 0.2) is 0 Å². The van der Waals surface area contributed by atoms with Crippen LogP contribution in [0.15, 0.2) is 188 Å². The minimum atomic E-state index is 0.760. The Labute approximate surface area is 323 Å². The fourth-order valence-electron chi connectivity index (χ4n) is 9.72. The van der Waals surface area contributed by atoms with Crippen molar-refractivity contribution in [2.45, 2.75) is 0 Å². The molecular weight excluding hydrogens is 684 g/mol. The average Bonchev–Trinajstić information content (AvgIpc) is 3.56. The maximum Gasteiger partial charge on any atom is 0.0491 e. The van der Waals surface area contributed by atoms with E-state index in [-0.39, 0.29) is 0 Å². The van der Waals surface area contributed by atoms with E-state index in [2.05, 4.69) is 188 Å². The standard InChI is InChI=1S/C54H31Cl/c55-48-30-36-25-26-42-40(45(36)31-46(48)39-22-11-19-32-13-7-9-20-37(32)39)27-28-44-49(33-14-3-1-4-15-33)53-43-24-12-23-41-38-21-10-8-18-35(38)29-47(51(41)43)54(53)50(52(42)44)34-16-5-2-6-17-34/h1-31H. The van der Waals surface area contributed by atoms with Gasteiger partial charge in [0.2, 0.25) is 0 Å². The van der Waals surface area contributed by atoms with Crippen LogP contribution >= 0.6 is 11.6 Å². The predicted molar refractivity (Wildman–Crippen MR) is 237 cm³/mol. The zero-order chi connectivity index (χ0) is 36.2. The molecule has 0 saturated heterocycles. The van der Waals surface area contributed by atoms with Crippen molar-refractivity contribution in [1.29, 1.82) is 0 Å². The number of halogens is 1. The van der Waals surface area contributed by atoms with E-state index in [1.54, 1.807) is 0 Å². The second kappa shape index (κ2) is 11.6. The molecule has 12 rings (SSSR count). The van der Waals surface area contributed by atoms with Crippen molar-refractivity contribution in [1.82, 2.24) is 0 Å². The molecule has 0 amide bonds. The first kappa shape index (κ1) is 30.7. The van der Waals surface area contributed by atoms with Gasteiger partial charge in [-0.1, -0.05) is 181 Å². The fourth-order valence-corrected chi connectivity index (χ4v) is 9.99. The summed E-state index contributed by atoms with van der Waals surface area (Å²) in [5.41, 5.74) is 12.5. The molecule has 0 fully saturated rings. The molecule has 254 valence electrons. The minimum absolute atomic E-state index is 0.760. The minimum Gasteiger partial charge on any atom is -0.0836 e. The predicted octanol–water partition coefficient (Wildman–Crippen LogP) is 15.9. The Balaban J connectivity index is 1.28. The molecule has 0 aromatic heterocycles. The molecular formula is C54H31Cl. The van der Waals surface area contributed by atoms with Crippen molar-refractivity contribution in [3.8, 4) is 55.6 Å². The van der Waals surface area contributed by atoms with Crippen molar-refractivity contribution in [2.24, 2.45) is 0 Å². The Hall–Kier alpha value is -6.73. The molecule has 1 heteroatoms. The lowest BCUT2D eigenvalue weighted by atomic mass is 9.80. The Morgan fingerprint density at radius 1 is 0.255 bits per heavy atom. The molecule has 0 bridgehead atoms. The summed E-state index contributed by atoms with van der Waals surface area (Å²) in [6.45, 7) is 0. The summed E-state index contributed by atoms with van der Waals surface area (Å²) in [4.78, 5) is 0. The molecule has 0 aliphatic heterocycles. The maximum atomic E-state index is 7.17. The van der Waals surface area contributed by atoms with E-state index >= 15 is 0 Å². The van der Waals surface area contributed by atoms with Crippen LogP contribution < -0.4 is 0 Å². The van der Waals surface area contributed by atoms with Crippen LogP contribution in [0.3, 0.4) is 0 Å². The number of rotatable bonds is 3. The Bertz CT molecular complexity index is 3410. The monoisotopic (exact) mass is 714 g/mol. The first-order valence-corrected chi connectivity index (χ1v) is 19.3. The highest BCUT2D eigenvalue weighted by Gasteiger charge is 2.32. The lowest BCUT2D eigenvalue weighted by Crippen LogP contribution is -1.95. The largest absolute Gasteiger partial charge is 0.0836 e. The third-order valence-electron chi connectivity index (χ3n) is 12.0. The van der Waals surface area contributed by atoms with E-state index in [1.165, 1.54) is 104 Å². The van der Waals surface area contributed by atoms with E-state index in [9.17, 15) is 0 Å². The third-order valence-corrected chi connectivity index (χ3v) is 12.3. The highest BCUT2D eigenvalue weighted by Crippen LogP contribution is 2.59. The smallest absolute Gasteiger partial charge is 0.0491 e. The molecule has 0 radical (unpaired) electrons. The van der Waals surface area contributed by atoms with E-state index in [0.717, 1.165) is 21.5 Å². The van der Waals surface area contributed by atoms with Crippen LogP contribution in [0.2, 0.25) is 5.02 Å². The van der Waals surface area contributed by atoms with Crippen LogP contribution in [0.1, 0.15) is 0 Å². The third kappa shape index (κ3) is 4.35. The summed E-state index contributed by atoms with van der Waals surface area (Å²) in [5, 5.41) is 15.7. The van der Waals surface area contributed by atoms with Gasteiger partial charge in [0.1, 0.15) is 0 Å². The summed E-state index contributed by atoms with van der Waals surface area (Å²) in [5.74, 6) is 0. The van der Waals surface area contributed by atoms with Crippen LogP contribution in [0.5, 0.6) is 0 Å². The number of hydrogen-bond acceptors (Lipinski definition) is 0. The SMILES string of the molecule is Clc1cc2ccc3c(ccc4c(-c5ccccc5)c5c(c(-c6ccccc6)c43)-c3cc4ccccc4c4cccc-5c34)c2cc1-c1cccc2ccccc12. The first-order valence-electron chi connectivity index (χ1n) is 19.0. The van der Waals surface area contributed by atoms with Gasteiger partial charge in [0, 0.05) is 10.6 Å². The fraction of sp³-hybridized carbons (Fsp3) is 0. The summed E-state index contributed by atoms with van der Waals surface area (Å²) >= 11 is 7.17. The van der Waals surface area contributed by atoms with Crippen molar-refractivity contribution in [2.75, 3.05) is 0 Å². The topological polar surface area (TPSA) is 0 Å².